The van der Waals surface area contributed by atoms with Gasteiger partial charge in [-0.3, -0.25) is 9.59 Å². The molecule has 0 spiro atoms. The van der Waals surface area contributed by atoms with Crippen molar-refractivity contribution in [3.8, 4) is 0 Å². The van der Waals surface area contributed by atoms with Gasteiger partial charge in [-0.2, -0.15) is 19.1 Å². The van der Waals surface area contributed by atoms with Gasteiger partial charge < -0.3 is 5.32 Å². The van der Waals surface area contributed by atoms with E-state index in [2.05, 4.69) is 27.0 Å². The zero-order valence-electron chi connectivity index (χ0n) is 17.7. The first kappa shape index (κ1) is 21.8. The van der Waals surface area contributed by atoms with Crippen LogP contribution in [-0.4, -0.2) is 59.1 Å². The predicted molar refractivity (Wildman–Crippen MR) is 119 cm³/mol. The Balaban J connectivity index is 1.56. The van der Waals surface area contributed by atoms with Crippen LogP contribution < -0.4 is 5.32 Å². The van der Waals surface area contributed by atoms with Crippen LogP contribution in [0.3, 0.4) is 0 Å². The molecule has 32 heavy (non-hydrogen) atoms. The highest BCUT2D eigenvalue weighted by Crippen LogP contribution is 2.22. The van der Waals surface area contributed by atoms with E-state index in [9.17, 15) is 18.0 Å². The average Bonchev–Trinajstić information content (AvgIpc) is 3.42. The van der Waals surface area contributed by atoms with Crippen LogP contribution >= 0.6 is 0 Å². The summed E-state index contributed by atoms with van der Waals surface area (Å²) >= 11 is 0. The molecule has 2 aliphatic rings. The lowest BCUT2D eigenvalue weighted by atomic mass is 10.2. The lowest BCUT2D eigenvalue weighted by Crippen LogP contribution is -2.28. The molecule has 0 bridgehead atoms. The number of hydrogen-bond acceptors (Lipinski definition) is 6. The fourth-order valence-corrected chi connectivity index (χ4v) is 4.95. The predicted octanol–water partition coefficient (Wildman–Crippen LogP) is 1.99. The van der Waals surface area contributed by atoms with Gasteiger partial charge in [0.05, 0.1) is 21.9 Å². The SMILES string of the molecule is C=C1C(=O)N=C(n2nc(C)cc2NC(=O)c2ccc(S(=O)(=O)N3CCCC3)cc2)N=C1C. The van der Waals surface area contributed by atoms with E-state index < -0.39 is 21.8 Å². The second-order valence-electron chi connectivity index (χ2n) is 7.57. The zero-order chi connectivity index (χ0) is 23.0. The van der Waals surface area contributed by atoms with Crippen LogP contribution in [0.2, 0.25) is 0 Å². The standard InChI is InChI=1S/C21H22N6O4S/c1-13-12-18(27(25-13)21-22-15(3)14(2)19(28)24-21)23-20(29)16-6-8-17(9-7-16)32(30,31)26-10-4-5-11-26/h6-9,12H,2,4-5,10-11H2,1,3H3,(H,23,29). The van der Waals surface area contributed by atoms with E-state index in [1.54, 1.807) is 19.9 Å². The van der Waals surface area contributed by atoms with Crippen molar-refractivity contribution in [2.24, 2.45) is 9.98 Å². The van der Waals surface area contributed by atoms with Crippen molar-refractivity contribution in [1.82, 2.24) is 14.1 Å². The molecule has 4 rings (SSSR count). The minimum Gasteiger partial charge on any atom is -0.306 e. The van der Waals surface area contributed by atoms with E-state index in [4.69, 9.17) is 0 Å². The van der Waals surface area contributed by atoms with Gasteiger partial charge in [-0.25, -0.2) is 13.4 Å². The molecule has 2 aliphatic heterocycles. The number of rotatable bonds is 4. The monoisotopic (exact) mass is 454 g/mol. The summed E-state index contributed by atoms with van der Waals surface area (Å²) in [5.74, 6) is -0.691. The van der Waals surface area contributed by atoms with Gasteiger partial charge in [-0.15, -0.1) is 0 Å². The first-order valence-electron chi connectivity index (χ1n) is 10.0. The van der Waals surface area contributed by atoms with Crippen LogP contribution in [0.25, 0.3) is 0 Å². The molecule has 11 heteroatoms. The molecule has 0 radical (unpaired) electrons. The van der Waals surface area contributed by atoms with Crippen molar-refractivity contribution in [3.63, 3.8) is 0 Å². The number of aliphatic imine (C=N–C) groups is 2. The van der Waals surface area contributed by atoms with Crippen LogP contribution in [0.4, 0.5) is 5.82 Å². The third-order valence-corrected chi connectivity index (χ3v) is 7.16. The molecule has 1 aromatic carbocycles. The minimum absolute atomic E-state index is 0.0235. The van der Waals surface area contributed by atoms with E-state index in [1.807, 2.05) is 0 Å². The number of nitrogens with one attached hydrogen (secondary N) is 1. The summed E-state index contributed by atoms with van der Waals surface area (Å²) in [7, 11) is -3.55. The van der Waals surface area contributed by atoms with Gasteiger partial charge >= 0.3 is 0 Å². The molecule has 0 unspecified atom stereocenters. The van der Waals surface area contributed by atoms with Crippen molar-refractivity contribution in [2.75, 3.05) is 18.4 Å². The number of anilines is 1. The molecule has 1 aromatic heterocycles. The van der Waals surface area contributed by atoms with E-state index in [1.165, 1.54) is 33.3 Å². The molecule has 1 N–H and O–H groups in total. The summed E-state index contributed by atoms with van der Waals surface area (Å²) in [5, 5.41) is 6.98. The molecule has 3 heterocycles. The number of nitrogens with zero attached hydrogens (tertiary/aromatic N) is 5. The van der Waals surface area contributed by atoms with Gasteiger partial charge in [0.1, 0.15) is 5.82 Å². The maximum atomic E-state index is 12.8. The molecule has 10 nitrogen and oxygen atoms in total. The molecule has 1 fully saturated rings. The third-order valence-electron chi connectivity index (χ3n) is 5.25. The highest BCUT2D eigenvalue weighted by Gasteiger charge is 2.27. The number of aryl methyl sites for hydroxylation is 1. The van der Waals surface area contributed by atoms with Gasteiger partial charge in [0.2, 0.25) is 10.0 Å². The van der Waals surface area contributed by atoms with E-state index in [-0.39, 0.29) is 27.8 Å². The summed E-state index contributed by atoms with van der Waals surface area (Å²) < 4.78 is 28.0. The Hall–Kier alpha value is -3.44. The lowest BCUT2D eigenvalue weighted by molar-refractivity contribution is -0.113. The minimum atomic E-state index is -3.55. The van der Waals surface area contributed by atoms with Gasteiger partial charge in [-0.05, 0) is 51.0 Å². The Bertz CT molecular complexity index is 1280. The van der Waals surface area contributed by atoms with Crippen molar-refractivity contribution in [2.45, 2.75) is 31.6 Å². The smallest absolute Gasteiger partial charge is 0.281 e. The molecule has 0 saturated carbocycles. The number of hydrogen-bond donors (Lipinski definition) is 1. The molecular formula is C21H22N6O4S. The van der Waals surface area contributed by atoms with Crippen molar-refractivity contribution in [3.05, 3.63) is 53.7 Å². The van der Waals surface area contributed by atoms with E-state index in [0.717, 1.165) is 12.8 Å². The fraction of sp³-hybridized carbons (Fsp3) is 0.286. The summed E-state index contributed by atoms with van der Waals surface area (Å²) in [5.41, 5.74) is 1.47. The Morgan fingerprint density at radius 3 is 2.38 bits per heavy atom. The zero-order valence-corrected chi connectivity index (χ0v) is 18.5. The summed E-state index contributed by atoms with van der Waals surface area (Å²) in [6.07, 6.45) is 1.70. The molecular weight excluding hydrogens is 432 g/mol. The van der Waals surface area contributed by atoms with E-state index in [0.29, 0.717) is 24.5 Å². The number of sulfonamides is 1. The van der Waals surface area contributed by atoms with Gasteiger partial charge in [0.25, 0.3) is 17.8 Å². The first-order chi connectivity index (χ1) is 15.2. The van der Waals surface area contributed by atoms with Crippen LogP contribution in [0.1, 0.15) is 35.8 Å². The highest BCUT2D eigenvalue weighted by molar-refractivity contribution is 7.89. The van der Waals surface area contributed by atoms with Gasteiger partial charge in [0.15, 0.2) is 0 Å². The van der Waals surface area contributed by atoms with Gasteiger partial charge in [0, 0.05) is 24.7 Å². The number of carbonyl (C=O) groups excluding carboxylic acids is 2. The summed E-state index contributed by atoms with van der Waals surface area (Å²) in [6, 6.07) is 7.38. The topological polar surface area (TPSA) is 126 Å². The molecule has 0 atom stereocenters. The third kappa shape index (κ3) is 4.04. The van der Waals surface area contributed by atoms with Crippen molar-refractivity contribution in [1.29, 1.82) is 0 Å². The Labute approximate surface area is 185 Å². The molecule has 0 aliphatic carbocycles. The Morgan fingerprint density at radius 1 is 1.09 bits per heavy atom. The van der Waals surface area contributed by atoms with Crippen molar-refractivity contribution >= 4 is 39.3 Å². The lowest BCUT2D eigenvalue weighted by Gasteiger charge is -2.15. The molecule has 1 saturated heterocycles. The normalized spacial score (nSPS) is 17.3. The van der Waals surface area contributed by atoms with Crippen LogP contribution in [0.15, 0.2) is 57.4 Å². The molecule has 2 aromatic rings. The molecule has 166 valence electrons. The van der Waals surface area contributed by atoms with E-state index >= 15 is 0 Å². The molecule has 2 amide bonds. The second kappa shape index (κ2) is 8.24. The van der Waals surface area contributed by atoms with Crippen LogP contribution in [0, 0.1) is 6.92 Å². The number of aromatic nitrogens is 2. The largest absolute Gasteiger partial charge is 0.306 e. The van der Waals surface area contributed by atoms with Crippen LogP contribution in [0.5, 0.6) is 0 Å². The second-order valence-corrected chi connectivity index (χ2v) is 9.50. The fourth-order valence-electron chi connectivity index (χ4n) is 3.44. The maximum Gasteiger partial charge on any atom is 0.281 e. The summed E-state index contributed by atoms with van der Waals surface area (Å²) in [6.45, 7) is 8.02. The van der Waals surface area contributed by atoms with Crippen LogP contribution in [-0.2, 0) is 14.8 Å². The quantitative estimate of drug-likeness (QED) is 0.707. The first-order valence-corrected chi connectivity index (χ1v) is 11.5. The number of carbonyl (C=O) groups is 2. The average molecular weight is 455 g/mol. The Morgan fingerprint density at radius 2 is 1.75 bits per heavy atom. The van der Waals surface area contributed by atoms with Crippen molar-refractivity contribution < 1.29 is 18.0 Å². The Kier molecular flexibility index (Phi) is 5.61. The van der Waals surface area contributed by atoms with Gasteiger partial charge in [-0.1, -0.05) is 6.58 Å². The number of amides is 2. The highest BCUT2D eigenvalue weighted by atomic mass is 32.2. The maximum absolute atomic E-state index is 12.8. The number of benzene rings is 1. The summed E-state index contributed by atoms with van der Waals surface area (Å²) in [4.78, 5) is 33.1.